The standard InChI is InChI=1S/C16H27NO/c1-3-15-10-11-16(18-15)12-17-13(2)14-8-6-4-5-7-9-14/h10-11,13-14,17H,3-9,12H2,1-2H3/t13-/m1/s1. The summed E-state index contributed by atoms with van der Waals surface area (Å²) in [6, 6.07) is 4.80. The molecule has 102 valence electrons. The molecule has 1 aliphatic rings. The number of nitrogens with one attached hydrogen (secondary N) is 1. The Kier molecular flexibility index (Phi) is 5.30. The Morgan fingerprint density at radius 3 is 2.44 bits per heavy atom. The van der Waals surface area contributed by atoms with Crippen LogP contribution in [0.25, 0.3) is 0 Å². The summed E-state index contributed by atoms with van der Waals surface area (Å²) in [4.78, 5) is 0. The van der Waals surface area contributed by atoms with Crippen molar-refractivity contribution in [3.8, 4) is 0 Å². The third-order valence-corrected chi connectivity index (χ3v) is 4.27. The normalized spacial score (nSPS) is 19.7. The van der Waals surface area contributed by atoms with Crippen LogP contribution < -0.4 is 5.32 Å². The van der Waals surface area contributed by atoms with E-state index < -0.39 is 0 Å². The summed E-state index contributed by atoms with van der Waals surface area (Å²) in [6.45, 7) is 5.33. The van der Waals surface area contributed by atoms with Gasteiger partial charge in [0.2, 0.25) is 0 Å². The highest BCUT2D eigenvalue weighted by molar-refractivity contribution is 5.06. The SMILES string of the molecule is CCc1ccc(CN[C@H](C)C2CCCCCC2)o1. The van der Waals surface area contributed by atoms with Gasteiger partial charge in [-0.1, -0.05) is 32.6 Å². The van der Waals surface area contributed by atoms with E-state index in [-0.39, 0.29) is 0 Å². The molecule has 2 heteroatoms. The van der Waals surface area contributed by atoms with Gasteiger partial charge in [0.25, 0.3) is 0 Å². The van der Waals surface area contributed by atoms with E-state index in [0.29, 0.717) is 6.04 Å². The fourth-order valence-corrected chi connectivity index (χ4v) is 2.95. The molecule has 1 atom stereocenters. The molecule has 0 spiro atoms. The lowest BCUT2D eigenvalue weighted by molar-refractivity contribution is 0.324. The quantitative estimate of drug-likeness (QED) is 0.787. The maximum absolute atomic E-state index is 5.73. The molecule has 1 fully saturated rings. The summed E-state index contributed by atoms with van der Waals surface area (Å²) in [6.07, 6.45) is 9.47. The molecule has 1 saturated carbocycles. The molecule has 0 aromatic carbocycles. The Morgan fingerprint density at radius 1 is 1.17 bits per heavy atom. The first-order valence-electron chi connectivity index (χ1n) is 7.60. The lowest BCUT2D eigenvalue weighted by Gasteiger charge is -2.23. The van der Waals surface area contributed by atoms with Crippen LogP contribution in [0.5, 0.6) is 0 Å². The third-order valence-electron chi connectivity index (χ3n) is 4.27. The number of rotatable bonds is 5. The zero-order valence-electron chi connectivity index (χ0n) is 11.9. The van der Waals surface area contributed by atoms with Crippen LogP contribution in [0.4, 0.5) is 0 Å². The second kappa shape index (κ2) is 6.98. The molecule has 0 unspecified atom stereocenters. The zero-order valence-corrected chi connectivity index (χ0v) is 11.9. The van der Waals surface area contributed by atoms with Crippen molar-refractivity contribution in [3.05, 3.63) is 23.7 Å². The summed E-state index contributed by atoms with van der Waals surface area (Å²) in [5.41, 5.74) is 0. The Morgan fingerprint density at radius 2 is 1.83 bits per heavy atom. The predicted octanol–water partition coefficient (Wildman–Crippen LogP) is 4.29. The topological polar surface area (TPSA) is 25.2 Å². The van der Waals surface area contributed by atoms with Crippen LogP contribution in [0.2, 0.25) is 0 Å². The first-order chi connectivity index (χ1) is 8.79. The monoisotopic (exact) mass is 249 g/mol. The van der Waals surface area contributed by atoms with Gasteiger partial charge in [0.05, 0.1) is 6.54 Å². The average Bonchev–Trinajstić information content (AvgIpc) is 2.68. The summed E-state index contributed by atoms with van der Waals surface area (Å²) < 4.78 is 5.73. The van der Waals surface area contributed by atoms with E-state index >= 15 is 0 Å². The first-order valence-corrected chi connectivity index (χ1v) is 7.60. The molecule has 0 bridgehead atoms. The van der Waals surface area contributed by atoms with Gasteiger partial charge < -0.3 is 9.73 Å². The molecular formula is C16H27NO. The highest BCUT2D eigenvalue weighted by Gasteiger charge is 2.18. The minimum atomic E-state index is 0.610. The van der Waals surface area contributed by atoms with Crippen molar-refractivity contribution < 1.29 is 4.42 Å². The lowest BCUT2D eigenvalue weighted by atomic mass is 9.93. The van der Waals surface area contributed by atoms with Crippen LogP contribution >= 0.6 is 0 Å². The molecule has 0 aliphatic heterocycles. The fraction of sp³-hybridized carbons (Fsp3) is 0.750. The van der Waals surface area contributed by atoms with Crippen molar-refractivity contribution >= 4 is 0 Å². The molecule has 2 rings (SSSR count). The van der Waals surface area contributed by atoms with Gasteiger partial charge in [-0.15, -0.1) is 0 Å². The van der Waals surface area contributed by atoms with Crippen molar-refractivity contribution in [1.29, 1.82) is 0 Å². The van der Waals surface area contributed by atoms with Gasteiger partial charge in [-0.2, -0.15) is 0 Å². The molecular weight excluding hydrogens is 222 g/mol. The van der Waals surface area contributed by atoms with Crippen LogP contribution in [0.1, 0.15) is 63.9 Å². The smallest absolute Gasteiger partial charge is 0.117 e. The predicted molar refractivity (Wildman–Crippen MR) is 75.6 cm³/mol. The zero-order chi connectivity index (χ0) is 12.8. The van der Waals surface area contributed by atoms with E-state index in [2.05, 4.69) is 31.3 Å². The second-order valence-corrected chi connectivity index (χ2v) is 5.64. The maximum Gasteiger partial charge on any atom is 0.117 e. The Hall–Kier alpha value is -0.760. The maximum atomic E-state index is 5.73. The minimum absolute atomic E-state index is 0.610. The van der Waals surface area contributed by atoms with Crippen molar-refractivity contribution in [3.63, 3.8) is 0 Å². The van der Waals surface area contributed by atoms with E-state index in [9.17, 15) is 0 Å². The summed E-state index contributed by atoms with van der Waals surface area (Å²) in [5.74, 6) is 3.02. The van der Waals surface area contributed by atoms with E-state index in [4.69, 9.17) is 4.42 Å². The summed E-state index contributed by atoms with van der Waals surface area (Å²) in [5, 5.41) is 3.64. The number of aryl methyl sites for hydroxylation is 1. The average molecular weight is 249 g/mol. The summed E-state index contributed by atoms with van der Waals surface area (Å²) in [7, 11) is 0. The Bertz CT molecular complexity index is 337. The van der Waals surface area contributed by atoms with Gasteiger partial charge in [-0.05, 0) is 37.8 Å². The van der Waals surface area contributed by atoms with Crippen LogP contribution in [-0.2, 0) is 13.0 Å². The van der Waals surface area contributed by atoms with Gasteiger partial charge in [-0.3, -0.25) is 0 Å². The van der Waals surface area contributed by atoms with E-state index in [1.807, 2.05) is 0 Å². The van der Waals surface area contributed by atoms with Crippen LogP contribution in [0.15, 0.2) is 16.5 Å². The third kappa shape index (κ3) is 3.88. The van der Waals surface area contributed by atoms with Crippen LogP contribution in [0, 0.1) is 5.92 Å². The molecule has 0 saturated heterocycles. The van der Waals surface area contributed by atoms with Crippen molar-refractivity contribution in [2.75, 3.05) is 0 Å². The fourth-order valence-electron chi connectivity index (χ4n) is 2.95. The molecule has 18 heavy (non-hydrogen) atoms. The highest BCUT2D eigenvalue weighted by Crippen LogP contribution is 2.25. The van der Waals surface area contributed by atoms with E-state index in [1.165, 1.54) is 38.5 Å². The van der Waals surface area contributed by atoms with Gasteiger partial charge in [0.1, 0.15) is 11.5 Å². The van der Waals surface area contributed by atoms with E-state index in [1.54, 1.807) is 0 Å². The molecule has 1 aromatic rings. The molecule has 0 radical (unpaired) electrons. The van der Waals surface area contributed by atoms with E-state index in [0.717, 1.165) is 30.4 Å². The molecule has 1 heterocycles. The van der Waals surface area contributed by atoms with Crippen molar-refractivity contribution in [2.24, 2.45) is 5.92 Å². The number of hydrogen-bond donors (Lipinski definition) is 1. The van der Waals surface area contributed by atoms with Gasteiger partial charge in [0, 0.05) is 12.5 Å². The Balaban J connectivity index is 1.77. The van der Waals surface area contributed by atoms with Crippen molar-refractivity contribution in [2.45, 2.75) is 71.4 Å². The molecule has 1 aliphatic carbocycles. The number of furan rings is 1. The summed E-state index contributed by atoms with van der Waals surface area (Å²) >= 11 is 0. The minimum Gasteiger partial charge on any atom is -0.465 e. The van der Waals surface area contributed by atoms with Gasteiger partial charge in [-0.25, -0.2) is 0 Å². The van der Waals surface area contributed by atoms with Crippen LogP contribution in [0.3, 0.4) is 0 Å². The first kappa shape index (κ1) is 13.7. The molecule has 2 nitrogen and oxygen atoms in total. The lowest BCUT2D eigenvalue weighted by Crippen LogP contribution is -2.32. The largest absolute Gasteiger partial charge is 0.465 e. The molecule has 1 aromatic heterocycles. The van der Waals surface area contributed by atoms with Gasteiger partial charge >= 0.3 is 0 Å². The number of hydrogen-bond acceptors (Lipinski definition) is 2. The molecule has 1 N–H and O–H groups in total. The van der Waals surface area contributed by atoms with Crippen LogP contribution in [-0.4, -0.2) is 6.04 Å². The van der Waals surface area contributed by atoms with Gasteiger partial charge in [0.15, 0.2) is 0 Å². The van der Waals surface area contributed by atoms with Crippen molar-refractivity contribution in [1.82, 2.24) is 5.32 Å². The molecule has 0 amide bonds. The second-order valence-electron chi connectivity index (χ2n) is 5.64. The highest BCUT2D eigenvalue weighted by atomic mass is 16.3. The Labute approximate surface area is 111 Å².